The summed E-state index contributed by atoms with van der Waals surface area (Å²) < 4.78 is 31.1. The third-order valence-electron chi connectivity index (χ3n) is 0.213. The molecule has 0 aliphatic carbocycles. The molecule has 0 spiro atoms. The van der Waals surface area contributed by atoms with Crippen LogP contribution in [0, 0.1) is 0 Å². The van der Waals surface area contributed by atoms with E-state index in [0.717, 1.165) is 0 Å². The summed E-state index contributed by atoms with van der Waals surface area (Å²) in [5.74, 6) is 0. The fourth-order valence-corrected chi connectivity index (χ4v) is 1.25. The minimum atomic E-state index is -5.05. The van der Waals surface area contributed by atoms with E-state index in [2.05, 4.69) is 4.31 Å². The summed E-state index contributed by atoms with van der Waals surface area (Å²) in [5, 5.41) is 13.9. The van der Waals surface area contributed by atoms with Crippen molar-refractivity contribution < 1.29 is 67.3 Å². The number of carboxylic acid groups (broad SMARTS) is 2. The molecule has 0 unspecified atom stereocenters. The van der Waals surface area contributed by atoms with Crippen LogP contribution in [0.2, 0.25) is 0 Å². The molecule has 0 radical (unpaired) electrons. The molecule has 0 rings (SSSR count). The number of phosphoric acid groups is 3. The molecule has 0 aromatic heterocycles. The first-order valence-electron chi connectivity index (χ1n) is 2.96. The Kier molecular flexibility index (Phi) is 58.2. The second kappa shape index (κ2) is 26.0. The molecule has 0 heterocycles. The number of hydrogen-bond acceptors (Lipinski definition) is 5. The van der Waals surface area contributed by atoms with E-state index in [9.17, 15) is 9.13 Å². The van der Waals surface area contributed by atoms with Gasteiger partial charge in [0.15, 0.2) is 0 Å². The van der Waals surface area contributed by atoms with Gasteiger partial charge in [-0.25, -0.2) is 18.5 Å². The van der Waals surface area contributed by atoms with Gasteiger partial charge in [0.2, 0.25) is 0 Å². The first-order chi connectivity index (χ1) is 7.44. The molecule has 0 bridgehead atoms. The van der Waals surface area contributed by atoms with Crippen molar-refractivity contribution in [2.24, 2.45) is 0 Å². The Morgan fingerprint density at radius 2 is 0.696 bits per heavy atom. The Labute approximate surface area is 278 Å². The summed E-state index contributed by atoms with van der Waals surface area (Å²) in [4.78, 5) is 61.1. The van der Waals surface area contributed by atoms with Gasteiger partial charge in [0.25, 0.3) is 0 Å². The van der Waals surface area contributed by atoms with E-state index in [1.807, 2.05) is 0 Å². The molecule has 0 saturated carbocycles. The van der Waals surface area contributed by atoms with Crippen LogP contribution >= 0.6 is 23.5 Å². The third-order valence-corrected chi connectivity index (χ3v) is 1.91. The first kappa shape index (κ1) is 51.5. The van der Waals surface area contributed by atoms with Crippen LogP contribution in [0.1, 0.15) is 0 Å². The van der Waals surface area contributed by atoms with E-state index in [1.54, 1.807) is 0 Å². The molecule has 0 fully saturated rings. The zero-order valence-electron chi connectivity index (χ0n) is 7.91. The Morgan fingerprint density at radius 3 is 0.696 bits per heavy atom. The van der Waals surface area contributed by atoms with Gasteiger partial charge in [-0.1, -0.05) is 0 Å². The number of carbonyl (C=O) groups is 1. The standard InChI is InChI=1S/CH2O3.5Ca.H4O7P2.H3O4P.10H/c2-1(3)4;;;;;;1-8(2,3)7-9(4,5)6;1-5(2,3)4;;;;;;;;;;/h(H2,2,3,4);;;;;;(H2,1,2,3)(H2,4,5,6);(H3,1,2,3,4);;;;;;;;;;. The van der Waals surface area contributed by atoms with E-state index in [4.69, 9.17) is 53.8 Å². The third kappa shape index (κ3) is 132. The van der Waals surface area contributed by atoms with Crippen molar-refractivity contribution in [3.63, 3.8) is 0 Å². The summed E-state index contributed by atoms with van der Waals surface area (Å²) in [5.41, 5.74) is 0. The van der Waals surface area contributed by atoms with Crippen molar-refractivity contribution in [3.05, 3.63) is 0 Å². The van der Waals surface area contributed by atoms with Crippen LogP contribution in [0.25, 0.3) is 0 Å². The SMILES string of the molecule is O=C(O)O.O=P(O)(O)O.O=P(O)(O)OP(=O)(O)O.[CaH2].[CaH2].[CaH2].[CaH2].[CaH2]. The summed E-state index contributed by atoms with van der Waals surface area (Å²) in [6.45, 7) is 0. The zero-order valence-corrected chi connectivity index (χ0v) is 10.6. The van der Waals surface area contributed by atoms with E-state index >= 15 is 0 Å². The molecule has 22 heteroatoms. The molecule has 9 N–H and O–H groups in total. The van der Waals surface area contributed by atoms with Crippen molar-refractivity contribution in [2.45, 2.75) is 0 Å². The van der Waals surface area contributed by atoms with Crippen molar-refractivity contribution in [2.75, 3.05) is 0 Å². The Hall–Kier alpha value is 5.94. The maximum atomic E-state index is 9.63. The van der Waals surface area contributed by atoms with Crippen LogP contribution in [-0.4, -0.2) is 239 Å². The Balaban J connectivity index is -0.0000000238. The second-order valence-corrected chi connectivity index (χ2v) is 5.50. The fourth-order valence-electron chi connectivity index (χ4n) is 0.139. The predicted octanol–water partition coefficient (Wildman–Crippen LogP) is -6.10. The van der Waals surface area contributed by atoms with Crippen molar-refractivity contribution >= 4 is 218 Å². The molecule has 0 aliphatic rings. The van der Waals surface area contributed by atoms with Crippen molar-refractivity contribution in [1.82, 2.24) is 0 Å². The van der Waals surface area contributed by atoms with Gasteiger partial charge in [0.1, 0.15) is 0 Å². The van der Waals surface area contributed by atoms with E-state index in [1.165, 1.54) is 0 Å². The molecular formula is CH19Ca5O14P3. The van der Waals surface area contributed by atoms with Gasteiger partial charge in [-0.05, 0) is 0 Å². The predicted molar refractivity (Wildman–Crippen MR) is 92.8 cm³/mol. The average molecular weight is 548 g/mol. The monoisotopic (exact) mass is 548 g/mol. The van der Waals surface area contributed by atoms with Crippen molar-refractivity contribution in [1.29, 1.82) is 0 Å². The second-order valence-electron chi connectivity index (χ2n) is 1.86. The quantitative estimate of drug-likeness (QED) is 0.115. The summed E-state index contributed by atoms with van der Waals surface area (Å²) in [7, 11) is -14.7. The van der Waals surface area contributed by atoms with Crippen LogP contribution in [0.4, 0.5) is 4.79 Å². The normalized spacial score (nSPS) is 9.00. The summed E-state index contributed by atoms with van der Waals surface area (Å²) in [6.07, 6.45) is -1.83. The molecule has 23 heavy (non-hydrogen) atoms. The topological polar surface area (TPSA) is 260 Å². The molecule has 0 amide bonds. The van der Waals surface area contributed by atoms with Crippen LogP contribution in [0.15, 0.2) is 0 Å². The van der Waals surface area contributed by atoms with Crippen LogP contribution in [-0.2, 0) is 18.0 Å². The molecule has 0 atom stereocenters. The molecule has 0 aliphatic heterocycles. The van der Waals surface area contributed by atoms with Crippen LogP contribution < -0.4 is 0 Å². The van der Waals surface area contributed by atoms with Crippen LogP contribution in [0.3, 0.4) is 0 Å². The van der Waals surface area contributed by atoms with E-state index in [0.29, 0.717) is 0 Å². The molecule has 0 aromatic carbocycles. The van der Waals surface area contributed by atoms with Gasteiger partial charge >= 0.3 is 218 Å². The zero-order chi connectivity index (χ0) is 15.8. The summed E-state index contributed by atoms with van der Waals surface area (Å²) >= 11 is 0. The van der Waals surface area contributed by atoms with Gasteiger partial charge in [-0.15, -0.1) is 0 Å². The van der Waals surface area contributed by atoms with E-state index < -0.39 is 29.6 Å². The van der Waals surface area contributed by atoms with Crippen molar-refractivity contribution in [3.8, 4) is 0 Å². The van der Waals surface area contributed by atoms with Gasteiger partial charge in [0.05, 0.1) is 0 Å². The van der Waals surface area contributed by atoms with E-state index in [-0.39, 0.29) is 189 Å². The molecule has 0 aromatic rings. The number of hydrogen-bond donors (Lipinski definition) is 9. The fraction of sp³-hybridized carbons (Fsp3) is 0. The van der Waals surface area contributed by atoms with Gasteiger partial charge in [-0.3, -0.25) is 0 Å². The van der Waals surface area contributed by atoms with Gasteiger partial charge < -0.3 is 44.5 Å². The number of rotatable bonds is 2. The molecule has 14 nitrogen and oxygen atoms in total. The first-order valence-corrected chi connectivity index (χ1v) is 7.59. The minimum absolute atomic E-state index is 0. The molecule has 132 valence electrons. The van der Waals surface area contributed by atoms with Crippen LogP contribution in [0.5, 0.6) is 0 Å². The Bertz CT molecular complexity index is 348. The molecular weight excluding hydrogens is 529 g/mol. The average Bonchev–Trinajstić information content (AvgIpc) is 1.67. The molecule has 0 saturated heterocycles. The summed E-state index contributed by atoms with van der Waals surface area (Å²) in [6, 6.07) is 0. The Morgan fingerprint density at radius 1 is 0.609 bits per heavy atom. The van der Waals surface area contributed by atoms with Gasteiger partial charge in [-0.2, -0.15) is 4.31 Å². The maximum absolute atomic E-state index is 9.63. The van der Waals surface area contributed by atoms with Gasteiger partial charge in [0, 0.05) is 0 Å².